The lowest BCUT2D eigenvalue weighted by atomic mass is 9.98. The lowest BCUT2D eigenvalue weighted by Gasteiger charge is -2.21. The largest absolute Gasteiger partial charge is 0.480 e. The Bertz CT molecular complexity index is 1130. The number of aliphatic carboxylic acids is 1. The zero-order valence-electron chi connectivity index (χ0n) is 18.8. The van der Waals surface area contributed by atoms with Gasteiger partial charge in [0.05, 0.1) is 0 Å². The molecule has 1 unspecified atom stereocenters. The van der Waals surface area contributed by atoms with E-state index in [2.05, 4.69) is 27.8 Å². The van der Waals surface area contributed by atoms with Crippen LogP contribution in [0.3, 0.4) is 0 Å². The molecule has 1 heterocycles. The van der Waals surface area contributed by atoms with Crippen molar-refractivity contribution < 1.29 is 24.2 Å². The van der Waals surface area contributed by atoms with E-state index in [9.17, 15) is 19.5 Å². The molecule has 2 aromatic carbocycles. The van der Waals surface area contributed by atoms with Crippen LogP contribution in [0.25, 0.3) is 11.1 Å². The van der Waals surface area contributed by atoms with Gasteiger partial charge >= 0.3 is 12.1 Å². The Hall–Kier alpha value is -4.07. The van der Waals surface area contributed by atoms with Gasteiger partial charge in [-0.3, -0.25) is 4.79 Å². The number of hydrogen-bond acceptors (Lipinski definition) is 4. The number of aromatic amines is 1. The summed E-state index contributed by atoms with van der Waals surface area (Å²) in [5.41, 5.74) is 5.14. The Morgan fingerprint density at radius 3 is 2.15 bits per heavy atom. The molecule has 176 valence electrons. The summed E-state index contributed by atoms with van der Waals surface area (Å²) < 4.78 is 5.56. The predicted molar refractivity (Wildman–Crippen MR) is 126 cm³/mol. The van der Waals surface area contributed by atoms with Crippen molar-refractivity contribution in [2.75, 3.05) is 6.61 Å². The first kappa shape index (κ1) is 23.1. The van der Waals surface area contributed by atoms with Gasteiger partial charge in [0.2, 0.25) is 5.91 Å². The smallest absolute Gasteiger partial charge is 0.407 e. The average Bonchev–Trinajstić information content (AvgIpc) is 3.46. The van der Waals surface area contributed by atoms with Crippen molar-refractivity contribution in [1.82, 2.24) is 15.6 Å². The molecule has 0 aliphatic heterocycles. The molecule has 34 heavy (non-hydrogen) atoms. The zero-order chi connectivity index (χ0) is 24.1. The number of amides is 2. The highest BCUT2D eigenvalue weighted by atomic mass is 16.5. The van der Waals surface area contributed by atoms with Crippen LogP contribution in [0.15, 0.2) is 66.9 Å². The minimum absolute atomic E-state index is 0.106. The van der Waals surface area contributed by atoms with Gasteiger partial charge in [0.25, 0.3) is 0 Å². The first-order valence-corrected chi connectivity index (χ1v) is 11.2. The number of nitrogens with one attached hydrogen (secondary N) is 3. The topological polar surface area (TPSA) is 121 Å². The van der Waals surface area contributed by atoms with Crippen molar-refractivity contribution in [2.24, 2.45) is 0 Å². The summed E-state index contributed by atoms with van der Waals surface area (Å²) >= 11 is 0. The average molecular weight is 462 g/mol. The van der Waals surface area contributed by atoms with E-state index in [0.717, 1.165) is 27.9 Å². The SMILES string of the molecule is CC[C@@H](NC(=O)C(Cc1ccc[nH]1)NC(=O)OCC1c2ccccc2-c2ccccc21)C(=O)O. The molecule has 0 radical (unpaired) electrons. The number of ether oxygens (including phenoxy) is 1. The molecule has 8 nitrogen and oxygen atoms in total. The second kappa shape index (κ2) is 10.2. The van der Waals surface area contributed by atoms with E-state index in [1.54, 1.807) is 25.3 Å². The zero-order valence-corrected chi connectivity index (χ0v) is 18.8. The maximum atomic E-state index is 12.8. The Kier molecular flexibility index (Phi) is 6.96. The van der Waals surface area contributed by atoms with Gasteiger partial charge in [-0.25, -0.2) is 9.59 Å². The summed E-state index contributed by atoms with van der Waals surface area (Å²) in [6.07, 6.45) is 1.36. The van der Waals surface area contributed by atoms with E-state index in [1.165, 1.54) is 0 Å². The fourth-order valence-corrected chi connectivity index (χ4v) is 4.32. The van der Waals surface area contributed by atoms with Crippen LogP contribution in [0.1, 0.15) is 36.1 Å². The number of aromatic nitrogens is 1. The molecule has 2 atom stereocenters. The van der Waals surface area contributed by atoms with Crippen LogP contribution in [0.4, 0.5) is 4.79 Å². The van der Waals surface area contributed by atoms with E-state index in [0.29, 0.717) is 0 Å². The third kappa shape index (κ3) is 4.96. The number of fused-ring (bicyclic) bond motifs is 3. The second-order valence-electron chi connectivity index (χ2n) is 8.23. The van der Waals surface area contributed by atoms with Gasteiger partial charge in [-0.05, 0) is 40.8 Å². The van der Waals surface area contributed by atoms with Gasteiger partial charge in [0, 0.05) is 24.2 Å². The molecule has 1 aliphatic carbocycles. The van der Waals surface area contributed by atoms with Crippen LogP contribution < -0.4 is 10.6 Å². The van der Waals surface area contributed by atoms with Crippen LogP contribution in [-0.4, -0.2) is 46.8 Å². The Balaban J connectivity index is 1.45. The van der Waals surface area contributed by atoms with Crippen molar-refractivity contribution in [3.8, 4) is 11.1 Å². The number of hydrogen-bond donors (Lipinski definition) is 4. The molecular weight excluding hydrogens is 434 g/mol. The highest BCUT2D eigenvalue weighted by molar-refractivity contribution is 5.89. The summed E-state index contributed by atoms with van der Waals surface area (Å²) in [5.74, 6) is -1.82. The molecule has 4 rings (SSSR count). The van der Waals surface area contributed by atoms with Gasteiger partial charge in [-0.15, -0.1) is 0 Å². The third-order valence-electron chi connectivity index (χ3n) is 6.06. The first-order valence-electron chi connectivity index (χ1n) is 11.2. The van der Waals surface area contributed by atoms with E-state index in [4.69, 9.17) is 4.74 Å². The number of carbonyl (C=O) groups excluding carboxylic acids is 2. The summed E-state index contributed by atoms with van der Waals surface area (Å²) in [6, 6.07) is 17.6. The Morgan fingerprint density at radius 2 is 1.59 bits per heavy atom. The normalized spacial score (nSPS) is 13.9. The van der Waals surface area contributed by atoms with Crippen molar-refractivity contribution in [3.63, 3.8) is 0 Å². The van der Waals surface area contributed by atoms with Crippen LogP contribution in [-0.2, 0) is 20.7 Å². The number of alkyl carbamates (subject to hydrolysis) is 1. The van der Waals surface area contributed by atoms with E-state index in [-0.39, 0.29) is 25.4 Å². The molecule has 8 heteroatoms. The third-order valence-corrected chi connectivity index (χ3v) is 6.06. The number of carboxylic acid groups (broad SMARTS) is 1. The molecule has 1 aromatic heterocycles. The van der Waals surface area contributed by atoms with Crippen molar-refractivity contribution >= 4 is 18.0 Å². The molecule has 1 aliphatic rings. The minimum atomic E-state index is -1.13. The van der Waals surface area contributed by atoms with E-state index >= 15 is 0 Å². The standard InChI is InChI=1S/C26H27N3O5/c1-2-22(25(31)32)28-24(30)23(14-16-8-7-13-27-16)29-26(33)34-15-21-19-11-5-3-9-17(19)18-10-4-6-12-20(18)21/h3-13,21-23,27H,2,14-15H2,1H3,(H,28,30)(H,29,33)(H,31,32)/t22-,23?/m1/s1. The highest BCUT2D eigenvalue weighted by Crippen LogP contribution is 2.44. The monoisotopic (exact) mass is 461 g/mol. The summed E-state index contributed by atoms with van der Waals surface area (Å²) in [7, 11) is 0. The number of benzene rings is 2. The quantitative estimate of drug-likeness (QED) is 0.389. The van der Waals surface area contributed by atoms with Gasteiger partial charge in [0.1, 0.15) is 18.7 Å². The lowest BCUT2D eigenvalue weighted by Crippen LogP contribution is -2.52. The molecule has 0 saturated heterocycles. The van der Waals surface area contributed by atoms with Crippen molar-refractivity contribution in [1.29, 1.82) is 0 Å². The lowest BCUT2D eigenvalue weighted by molar-refractivity contribution is -0.142. The molecule has 0 bridgehead atoms. The second-order valence-corrected chi connectivity index (χ2v) is 8.23. The highest BCUT2D eigenvalue weighted by Gasteiger charge is 2.30. The van der Waals surface area contributed by atoms with Crippen LogP contribution in [0.5, 0.6) is 0 Å². The maximum absolute atomic E-state index is 12.8. The van der Waals surface area contributed by atoms with Gasteiger partial charge < -0.3 is 25.5 Å². The van der Waals surface area contributed by atoms with Gasteiger partial charge in [-0.2, -0.15) is 0 Å². The number of H-pyrrole nitrogens is 1. The summed E-state index contributed by atoms with van der Waals surface area (Å²) in [4.78, 5) is 39.9. The molecule has 3 aromatic rings. The minimum Gasteiger partial charge on any atom is -0.480 e. The maximum Gasteiger partial charge on any atom is 0.407 e. The molecule has 0 spiro atoms. The van der Waals surface area contributed by atoms with E-state index in [1.807, 2.05) is 36.4 Å². The molecule has 2 amide bonds. The van der Waals surface area contributed by atoms with Crippen molar-refractivity contribution in [3.05, 3.63) is 83.7 Å². The van der Waals surface area contributed by atoms with Gasteiger partial charge in [-0.1, -0.05) is 55.5 Å². The van der Waals surface area contributed by atoms with Crippen molar-refractivity contribution in [2.45, 2.75) is 37.8 Å². The number of carbonyl (C=O) groups is 3. The Labute approximate surface area is 197 Å². The summed E-state index contributed by atoms with van der Waals surface area (Å²) in [5, 5.41) is 14.4. The van der Waals surface area contributed by atoms with E-state index < -0.39 is 30.1 Å². The van der Waals surface area contributed by atoms with Crippen LogP contribution in [0.2, 0.25) is 0 Å². The fourth-order valence-electron chi connectivity index (χ4n) is 4.32. The van der Waals surface area contributed by atoms with Crippen LogP contribution >= 0.6 is 0 Å². The molecule has 0 saturated carbocycles. The molecule has 4 N–H and O–H groups in total. The molecular formula is C26H27N3O5. The fraction of sp³-hybridized carbons (Fsp3) is 0.269. The Morgan fingerprint density at radius 1 is 0.941 bits per heavy atom. The summed E-state index contributed by atoms with van der Waals surface area (Å²) in [6.45, 7) is 1.78. The number of carboxylic acids is 1. The van der Waals surface area contributed by atoms with Gasteiger partial charge in [0.15, 0.2) is 0 Å². The molecule has 0 fully saturated rings. The predicted octanol–water partition coefficient (Wildman–Crippen LogP) is 3.44. The first-order chi connectivity index (χ1) is 16.5. The van der Waals surface area contributed by atoms with Crippen LogP contribution in [0, 0.1) is 0 Å². The number of rotatable bonds is 9.